The van der Waals surface area contributed by atoms with E-state index < -0.39 is 5.97 Å². The van der Waals surface area contributed by atoms with E-state index in [-0.39, 0.29) is 18.4 Å². The van der Waals surface area contributed by atoms with Gasteiger partial charge in [-0.15, -0.1) is 0 Å². The van der Waals surface area contributed by atoms with Crippen LogP contribution in [0.25, 0.3) is 6.08 Å². The molecule has 0 saturated heterocycles. The van der Waals surface area contributed by atoms with Gasteiger partial charge in [-0.1, -0.05) is 6.07 Å². The molecule has 0 radical (unpaired) electrons. The highest BCUT2D eigenvalue weighted by molar-refractivity contribution is 6.00. The SMILES string of the molecule is CCOc1ccc(/C=C/C(=O)OCC(=O)c2cc(C)n([C@H](C)COC)c2C)cc1OC. The number of hydrogen-bond acceptors (Lipinski definition) is 6. The molecule has 0 spiro atoms. The smallest absolute Gasteiger partial charge is 0.331 e. The van der Waals surface area contributed by atoms with Gasteiger partial charge in [0, 0.05) is 30.1 Å². The summed E-state index contributed by atoms with van der Waals surface area (Å²) in [5, 5.41) is 0. The van der Waals surface area contributed by atoms with Gasteiger partial charge in [0.25, 0.3) is 0 Å². The van der Waals surface area contributed by atoms with Crippen LogP contribution in [0, 0.1) is 13.8 Å². The molecule has 31 heavy (non-hydrogen) atoms. The van der Waals surface area contributed by atoms with E-state index in [1.54, 1.807) is 38.5 Å². The summed E-state index contributed by atoms with van der Waals surface area (Å²) < 4.78 is 23.2. The predicted octanol–water partition coefficient (Wildman–Crippen LogP) is 4.16. The maximum absolute atomic E-state index is 12.6. The maximum atomic E-state index is 12.6. The number of rotatable bonds is 11. The van der Waals surface area contributed by atoms with E-state index in [2.05, 4.69) is 4.57 Å². The highest BCUT2D eigenvalue weighted by Crippen LogP contribution is 2.28. The Hall–Kier alpha value is -3.06. The van der Waals surface area contributed by atoms with Gasteiger partial charge in [-0.2, -0.15) is 0 Å². The molecule has 0 fully saturated rings. The molecule has 0 N–H and O–H groups in total. The van der Waals surface area contributed by atoms with Crippen molar-refractivity contribution in [3.05, 3.63) is 52.9 Å². The van der Waals surface area contributed by atoms with Crippen LogP contribution in [0.2, 0.25) is 0 Å². The Bertz CT molecular complexity index is 944. The van der Waals surface area contributed by atoms with Crippen LogP contribution < -0.4 is 9.47 Å². The van der Waals surface area contributed by atoms with E-state index in [1.165, 1.54) is 6.08 Å². The molecule has 2 rings (SSSR count). The molecular weight excluding hydrogens is 398 g/mol. The Balaban J connectivity index is 2.00. The average molecular weight is 430 g/mol. The molecule has 0 bridgehead atoms. The van der Waals surface area contributed by atoms with Gasteiger partial charge >= 0.3 is 5.97 Å². The van der Waals surface area contributed by atoms with Gasteiger partial charge in [0.1, 0.15) is 0 Å². The standard InChI is InChI=1S/C24H31NO6/c1-7-30-22-10-8-19(13-23(22)29-6)9-11-24(27)31-15-21(26)20-12-16(2)25(18(20)4)17(3)14-28-5/h8-13,17H,7,14-15H2,1-6H3/b11-9+/t17-/m1/s1. The number of methoxy groups -OCH3 is 2. The quantitative estimate of drug-likeness (QED) is 0.303. The molecule has 0 unspecified atom stereocenters. The van der Waals surface area contributed by atoms with Gasteiger partial charge in [-0.25, -0.2) is 4.79 Å². The lowest BCUT2D eigenvalue weighted by molar-refractivity contribution is -0.136. The molecule has 7 heteroatoms. The first-order chi connectivity index (χ1) is 14.8. The van der Waals surface area contributed by atoms with Crippen molar-refractivity contribution in [2.24, 2.45) is 0 Å². The molecule has 2 aromatic rings. The molecule has 1 aromatic carbocycles. The number of carbonyl (C=O) groups excluding carboxylic acids is 2. The number of ether oxygens (including phenoxy) is 4. The van der Waals surface area contributed by atoms with Gasteiger partial charge < -0.3 is 23.5 Å². The third kappa shape index (κ3) is 6.21. The summed E-state index contributed by atoms with van der Waals surface area (Å²) in [4.78, 5) is 24.7. The van der Waals surface area contributed by atoms with E-state index in [4.69, 9.17) is 18.9 Å². The van der Waals surface area contributed by atoms with Crippen LogP contribution in [-0.4, -0.2) is 50.4 Å². The topological polar surface area (TPSA) is 76.0 Å². The third-order valence-corrected chi connectivity index (χ3v) is 4.88. The lowest BCUT2D eigenvalue weighted by Crippen LogP contribution is -2.16. The Morgan fingerprint density at radius 2 is 1.87 bits per heavy atom. The summed E-state index contributed by atoms with van der Waals surface area (Å²) in [6.07, 6.45) is 2.88. The molecule has 0 saturated carbocycles. The normalized spacial score (nSPS) is 12.1. The minimum Gasteiger partial charge on any atom is -0.493 e. The Morgan fingerprint density at radius 1 is 1.13 bits per heavy atom. The van der Waals surface area contributed by atoms with Crippen LogP contribution in [0.15, 0.2) is 30.3 Å². The first kappa shape index (κ1) is 24.2. The fraction of sp³-hybridized carbons (Fsp3) is 0.417. The molecule has 0 aliphatic carbocycles. The Morgan fingerprint density at radius 3 is 2.52 bits per heavy atom. The Kier molecular flexibility index (Phi) is 8.88. The summed E-state index contributed by atoms with van der Waals surface area (Å²) in [6.45, 7) is 8.49. The number of nitrogens with zero attached hydrogens (tertiary/aromatic N) is 1. The van der Waals surface area contributed by atoms with Crippen LogP contribution in [0.1, 0.15) is 47.2 Å². The molecule has 1 heterocycles. The monoisotopic (exact) mass is 429 g/mol. The lowest BCUT2D eigenvalue weighted by Gasteiger charge is -2.17. The Labute approximate surface area is 183 Å². The zero-order valence-electron chi connectivity index (χ0n) is 19.1. The fourth-order valence-electron chi connectivity index (χ4n) is 3.54. The largest absolute Gasteiger partial charge is 0.493 e. The first-order valence-corrected chi connectivity index (χ1v) is 10.2. The van der Waals surface area contributed by atoms with Crippen molar-refractivity contribution >= 4 is 17.8 Å². The van der Waals surface area contributed by atoms with Crippen molar-refractivity contribution in [1.82, 2.24) is 4.57 Å². The summed E-state index contributed by atoms with van der Waals surface area (Å²) in [5.74, 6) is 0.370. The van der Waals surface area contributed by atoms with Crippen LogP contribution in [-0.2, 0) is 14.3 Å². The molecule has 0 aliphatic heterocycles. The molecular formula is C24H31NO6. The number of esters is 1. The lowest BCUT2D eigenvalue weighted by atomic mass is 10.1. The summed E-state index contributed by atoms with van der Waals surface area (Å²) in [6, 6.07) is 7.26. The minimum absolute atomic E-state index is 0.100. The van der Waals surface area contributed by atoms with E-state index in [0.29, 0.717) is 30.3 Å². The van der Waals surface area contributed by atoms with Crippen molar-refractivity contribution in [2.45, 2.75) is 33.7 Å². The second-order valence-electron chi connectivity index (χ2n) is 7.17. The number of carbonyl (C=O) groups is 2. The van der Waals surface area contributed by atoms with Gasteiger partial charge in [0.05, 0.1) is 26.4 Å². The van der Waals surface area contributed by atoms with Crippen molar-refractivity contribution in [2.75, 3.05) is 34.0 Å². The van der Waals surface area contributed by atoms with Crippen molar-refractivity contribution in [3.8, 4) is 11.5 Å². The van der Waals surface area contributed by atoms with Gasteiger partial charge in [0.2, 0.25) is 5.78 Å². The summed E-state index contributed by atoms with van der Waals surface area (Å²) >= 11 is 0. The average Bonchev–Trinajstić information content (AvgIpc) is 3.05. The van der Waals surface area contributed by atoms with Crippen LogP contribution in [0.3, 0.4) is 0 Å². The van der Waals surface area contributed by atoms with Crippen molar-refractivity contribution in [1.29, 1.82) is 0 Å². The minimum atomic E-state index is -0.595. The molecule has 7 nitrogen and oxygen atoms in total. The number of Topliss-reactive ketones (excluding diaryl/α,β-unsaturated/α-hetero) is 1. The zero-order chi connectivity index (χ0) is 23.0. The van der Waals surface area contributed by atoms with Gasteiger partial charge in [0.15, 0.2) is 18.1 Å². The maximum Gasteiger partial charge on any atom is 0.331 e. The molecule has 0 amide bonds. The van der Waals surface area contributed by atoms with Crippen molar-refractivity contribution in [3.63, 3.8) is 0 Å². The summed E-state index contributed by atoms with van der Waals surface area (Å²) in [7, 11) is 3.20. The molecule has 1 atom stereocenters. The number of hydrogen-bond donors (Lipinski definition) is 0. The van der Waals surface area contributed by atoms with E-state index >= 15 is 0 Å². The van der Waals surface area contributed by atoms with Crippen LogP contribution in [0.5, 0.6) is 11.5 Å². The summed E-state index contributed by atoms with van der Waals surface area (Å²) in [5.41, 5.74) is 3.09. The second-order valence-corrected chi connectivity index (χ2v) is 7.17. The van der Waals surface area contributed by atoms with Crippen molar-refractivity contribution < 1.29 is 28.5 Å². The van der Waals surface area contributed by atoms with Crippen LogP contribution >= 0.6 is 0 Å². The van der Waals surface area contributed by atoms with E-state index in [0.717, 1.165) is 17.0 Å². The van der Waals surface area contributed by atoms with Crippen LogP contribution in [0.4, 0.5) is 0 Å². The molecule has 0 aliphatic rings. The number of ketones is 1. The number of aryl methyl sites for hydroxylation is 1. The van der Waals surface area contributed by atoms with E-state index in [9.17, 15) is 9.59 Å². The number of benzene rings is 1. The fourth-order valence-corrected chi connectivity index (χ4v) is 3.54. The predicted molar refractivity (Wildman–Crippen MR) is 119 cm³/mol. The molecule has 168 valence electrons. The zero-order valence-corrected chi connectivity index (χ0v) is 19.1. The molecule has 1 aromatic heterocycles. The van der Waals surface area contributed by atoms with Gasteiger partial charge in [-0.3, -0.25) is 4.79 Å². The van der Waals surface area contributed by atoms with Gasteiger partial charge in [-0.05, 0) is 57.5 Å². The highest BCUT2D eigenvalue weighted by atomic mass is 16.5. The highest BCUT2D eigenvalue weighted by Gasteiger charge is 2.19. The number of aromatic nitrogens is 1. The van der Waals surface area contributed by atoms with E-state index in [1.807, 2.05) is 33.8 Å². The first-order valence-electron chi connectivity index (χ1n) is 10.2. The second kappa shape index (κ2) is 11.4. The third-order valence-electron chi connectivity index (χ3n) is 4.88.